The van der Waals surface area contributed by atoms with Gasteiger partial charge in [0.05, 0.1) is 17.8 Å². The van der Waals surface area contributed by atoms with E-state index in [9.17, 15) is 9.90 Å². The van der Waals surface area contributed by atoms with Gasteiger partial charge in [-0.15, -0.1) is 0 Å². The number of aromatic nitrogens is 2. The summed E-state index contributed by atoms with van der Waals surface area (Å²) in [5.74, 6) is -0.187. The van der Waals surface area contributed by atoms with Crippen molar-refractivity contribution in [3.05, 3.63) is 45.7 Å². The molecule has 1 fully saturated rings. The Kier molecular flexibility index (Phi) is 4.86. The Hall–Kier alpha value is -1.70. The summed E-state index contributed by atoms with van der Waals surface area (Å²) in [5, 5.41) is 17.4. The number of rotatable bonds is 3. The van der Waals surface area contributed by atoms with Gasteiger partial charge >= 0.3 is 0 Å². The minimum Gasteiger partial charge on any atom is -0.392 e. The lowest BCUT2D eigenvalue weighted by atomic mass is 10.0. The number of amides is 1. The summed E-state index contributed by atoms with van der Waals surface area (Å²) in [6.07, 6.45) is 2.66. The molecular formula is C19H23BrN4O2. The first kappa shape index (κ1) is 17.7. The third-order valence-corrected chi connectivity index (χ3v) is 6.24. The van der Waals surface area contributed by atoms with E-state index in [4.69, 9.17) is 0 Å². The second kappa shape index (κ2) is 7.13. The number of halogens is 1. The minimum absolute atomic E-state index is 0.187. The van der Waals surface area contributed by atoms with Gasteiger partial charge in [-0.2, -0.15) is 5.10 Å². The van der Waals surface area contributed by atoms with Crippen molar-refractivity contribution in [3.63, 3.8) is 0 Å². The van der Waals surface area contributed by atoms with E-state index in [1.165, 1.54) is 0 Å². The molecule has 0 bridgehead atoms. The van der Waals surface area contributed by atoms with Crippen molar-refractivity contribution in [2.24, 2.45) is 0 Å². The van der Waals surface area contributed by atoms with Crippen LogP contribution in [0.2, 0.25) is 0 Å². The number of carbonyl (C=O) groups excluding carboxylic acids is 1. The van der Waals surface area contributed by atoms with Gasteiger partial charge in [0.2, 0.25) is 0 Å². The van der Waals surface area contributed by atoms with Gasteiger partial charge in [0.25, 0.3) is 5.91 Å². The van der Waals surface area contributed by atoms with Gasteiger partial charge in [-0.1, -0.05) is 22.0 Å². The van der Waals surface area contributed by atoms with Crippen molar-refractivity contribution in [1.29, 1.82) is 0 Å². The monoisotopic (exact) mass is 418 g/mol. The highest BCUT2D eigenvalue weighted by Crippen LogP contribution is 2.33. The van der Waals surface area contributed by atoms with Crippen molar-refractivity contribution in [3.8, 4) is 0 Å². The molecule has 0 unspecified atom stereocenters. The maximum atomic E-state index is 12.7. The molecule has 1 amide bonds. The van der Waals surface area contributed by atoms with Crippen LogP contribution >= 0.6 is 15.9 Å². The zero-order valence-electron chi connectivity index (χ0n) is 14.8. The highest BCUT2D eigenvalue weighted by atomic mass is 79.9. The number of nitrogens with zero attached hydrogens (tertiary/aromatic N) is 3. The first-order chi connectivity index (χ1) is 12.5. The number of aliphatic hydroxyl groups is 1. The van der Waals surface area contributed by atoms with Crippen LogP contribution in [-0.4, -0.2) is 44.9 Å². The average Bonchev–Trinajstić information content (AvgIpc) is 3.24. The van der Waals surface area contributed by atoms with Gasteiger partial charge in [-0.05, 0) is 49.9 Å². The highest BCUT2D eigenvalue weighted by molar-refractivity contribution is 9.10. The number of aliphatic hydroxyl groups excluding tert-OH is 1. The molecule has 0 aliphatic carbocycles. The van der Waals surface area contributed by atoms with Gasteiger partial charge < -0.3 is 10.4 Å². The number of β-amino-alcohol motifs (C(OH)–C–C–N with tert-alkyl or cyclic N) is 1. The van der Waals surface area contributed by atoms with E-state index in [1.54, 1.807) is 0 Å². The number of nitrogens with one attached hydrogen (secondary N) is 1. The number of benzene rings is 1. The zero-order chi connectivity index (χ0) is 18.3. The smallest absolute Gasteiger partial charge is 0.276 e. The summed E-state index contributed by atoms with van der Waals surface area (Å²) in [6.45, 7) is 4.41. The first-order valence-electron chi connectivity index (χ1n) is 9.09. The molecule has 7 heteroatoms. The van der Waals surface area contributed by atoms with Crippen LogP contribution in [0.3, 0.4) is 0 Å². The molecule has 2 aromatic rings. The van der Waals surface area contributed by atoms with Crippen LogP contribution < -0.4 is 5.32 Å². The largest absolute Gasteiger partial charge is 0.392 e. The Morgan fingerprint density at radius 1 is 1.35 bits per heavy atom. The van der Waals surface area contributed by atoms with Crippen LogP contribution in [0.5, 0.6) is 0 Å². The van der Waals surface area contributed by atoms with E-state index in [0.717, 1.165) is 53.8 Å². The Balaban J connectivity index is 1.56. The Morgan fingerprint density at radius 3 is 2.96 bits per heavy atom. The molecule has 2 atom stereocenters. The van der Waals surface area contributed by atoms with Crippen molar-refractivity contribution < 1.29 is 9.90 Å². The van der Waals surface area contributed by atoms with E-state index in [-0.39, 0.29) is 18.1 Å². The lowest BCUT2D eigenvalue weighted by Crippen LogP contribution is -2.32. The number of fused-ring (bicyclic) bond motifs is 1. The van der Waals surface area contributed by atoms with Gasteiger partial charge in [0, 0.05) is 29.8 Å². The molecule has 0 spiro atoms. The molecule has 0 saturated carbocycles. The van der Waals surface area contributed by atoms with Crippen LogP contribution in [0.1, 0.15) is 47.1 Å². The Morgan fingerprint density at radius 2 is 2.19 bits per heavy atom. The molecule has 1 saturated heterocycles. The van der Waals surface area contributed by atoms with E-state index in [1.807, 2.05) is 35.9 Å². The summed E-state index contributed by atoms with van der Waals surface area (Å²) in [5.41, 5.74) is 3.32. The quantitative estimate of drug-likeness (QED) is 0.802. The summed E-state index contributed by atoms with van der Waals surface area (Å²) < 4.78 is 2.92. The van der Waals surface area contributed by atoms with Crippen LogP contribution in [0, 0.1) is 6.92 Å². The maximum absolute atomic E-state index is 12.7. The number of likely N-dealkylation sites (tertiary alicyclic amines) is 1. The van der Waals surface area contributed by atoms with E-state index in [2.05, 4.69) is 31.2 Å². The fourth-order valence-corrected chi connectivity index (χ4v) is 4.29. The van der Waals surface area contributed by atoms with E-state index < -0.39 is 0 Å². The number of carbonyl (C=O) groups is 1. The molecule has 6 nitrogen and oxygen atoms in total. The number of hydrogen-bond acceptors (Lipinski definition) is 4. The highest BCUT2D eigenvalue weighted by Gasteiger charge is 2.33. The van der Waals surface area contributed by atoms with E-state index >= 15 is 0 Å². The minimum atomic E-state index is -0.240. The summed E-state index contributed by atoms with van der Waals surface area (Å²) in [4.78, 5) is 15.0. The third-order valence-electron chi connectivity index (χ3n) is 5.38. The lowest BCUT2D eigenvalue weighted by Gasteiger charge is -2.31. The molecule has 2 aliphatic heterocycles. The summed E-state index contributed by atoms with van der Waals surface area (Å²) >= 11 is 3.49. The number of hydrogen-bond donors (Lipinski definition) is 2. The normalized spacial score (nSPS) is 23.0. The predicted octanol–water partition coefficient (Wildman–Crippen LogP) is 3.11. The van der Waals surface area contributed by atoms with Gasteiger partial charge in [0.15, 0.2) is 5.69 Å². The summed E-state index contributed by atoms with van der Waals surface area (Å²) in [7, 11) is 0. The standard InChI is InChI=1S/C19H23BrN4O2/c1-12-14(20)4-2-5-15(12)21-19(26)16-10-18-17(6-3-8-24(18)22-16)23-9-7-13(25)11-23/h2,4-5,10,13,17,25H,3,6-9,11H2,1H3,(H,21,26)/t13-,17-/m1/s1. The van der Waals surface area contributed by atoms with Crippen molar-refractivity contribution >= 4 is 27.5 Å². The van der Waals surface area contributed by atoms with Gasteiger partial charge in [-0.25, -0.2) is 0 Å². The van der Waals surface area contributed by atoms with Crippen LogP contribution in [-0.2, 0) is 6.54 Å². The van der Waals surface area contributed by atoms with Gasteiger partial charge in [0.1, 0.15) is 0 Å². The Labute approximate surface area is 161 Å². The number of aryl methyl sites for hydroxylation is 1. The SMILES string of the molecule is Cc1c(Br)cccc1NC(=O)c1cc2n(n1)CCC[C@H]2N1CC[C@@H](O)C1. The lowest BCUT2D eigenvalue weighted by molar-refractivity contribution is 0.102. The van der Waals surface area contributed by atoms with Crippen LogP contribution in [0.25, 0.3) is 0 Å². The number of anilines is 1. The first-order valence-corrected chi connectivity index (χ1v) is 9.88. The molecular weight excluding hydrogens is 396 g/mol. The molecule has 2 N–H and O–H groups in total. The molecule has 4 rings (SSSR count). The molecule has 1 aromatic heterocycles. The Bertz CT molecular complexity index is 835. The molecule has 0 radical (unpaired) electrons. The molecule has 138 valence electrons. The van der Waals surface area contributed by atoms with Crippen molar-refractivity contribution in [2.45, 2.75) is 44.9 Å². The molecule has 1 aromatic carbocycles. The van der Waals surface area contributed by atoms with Crippen molar-refractivity contribution in [2.75, 3.05) is 18.4 Å². The average molecular weight is 419 g/mol. The second-order valence-electron chi connectivity index (χ2n) is 7.14. The second-order valence-corrected chi connectivity index (χ2v) is 7.99. The van der Waals surface area contributed by atoms with Crippen LogP contribution in [0.4, 0.5) is 5.69 Å². The fourth-order valence-electron chi connectivity index (χ4n) is 3.92. The van der Waals surface area contributed by atoms with E-state index in [0.29, 0.717) is 12.2 Å². The van der Waals surface area contributed by atoms with Crippen molar-refractivity contribution in [1.82, 2.24) is 14.7 Å². The summed E-state index contributed by atoms with van der Waals surface area (Å²) in [6, 6.07) is 7.90. The predicted molar refractivity (Wildman–Crippen MR) is 103 cm³/mol. The molecule has 26 heavy (non-hydrogen) atoms. The molecule has 3 heterocycles. The topological polar surface area (TPSA) is 70.4 Å². The molecule has 2 aliphatic rings. The van der Waals surface area contributed by atoms with Gasteiger partial charge in [-0.3, -0.25) is 14.4 Å². The zero-order valence-corrected chi connectivity index (χ0v) is 16.4. The third kappa shape index (κ3) is 3.31. The fraction of sp³-hybridized carbons (Fsp3) is 0.474. The maximum Gasteiger partial charge on any atom is 0.276 e. The van der Waals surface area contributed by atoms with Crippen LogP contribution in [0.15, 0.2) is 28.7 Å².